The first-order valence-electron chi connectivity index (χ1n) is 6.62. The summed E-state index contributed by atoms with van der Waals surface area (Å²) in [5, 5.41) is 4.10. The van der Waals surface area contributed by atoms with E-state index in [-0.39, 0.29) is 5.82 Å². The van der Waals surface area contributed by atoms with Crippen molar-refractivity contribution in [2.45, 2.75) is 29.7 Å². The number of hydrogen-bond donors (Lipinski definition) is 1. The minimum absolute atomic E-state index is 0.220. The molecule has 0 unspecified atom stereocenters. The summed E-state index contributed by atoms with van der Waals surface area (Å²) >= 11 is 7.81. The molecule has 1 N–H and O–H groups in total. The summed E-state index contributed by atoms with van der Waals surface area (Å²) in [4.78, 5) is 1.94. The molecule has 0 saturated heterocycles. The maximum atomic E-state index is 13.2. The summed E-state index contributed by atoms with van der Waals surface area (Å²) in [6, 6.07) is 12.4. The fraction of sp³-hybridized carbons (Fsp3) is 0.250. The summed E-state index contributed by atoms with van der Waals surface area (Å²) in [5.41, 5.74) is 1.07. The molecule has 106 valence electrons. The van der Waals surface area contributed by atoms with E-state index in [4.69, 9.17) is 11.6 Å². The van der Waals surface area contributed by atoms with E-state index in [0.29, 0.717) is 0 Å². The van der Waals surface area contributed by atoms with Crippen LogP contribution in [0.15, 0.2) is 52.3 Å². The molecule has 0 saturated carbocycles. The van der Waals surface area contributed by atoms with Crippen molar-refractivity contribution in [3.63, 3.8) is 0 Å². The lowest BCUT2D eigenvalue weighted by atomic mass is 10.2. The van der Waals surface area contributed by atoms with Gasteiger partial charge >= 0.3 is 0 Å². The monoisotopic (exact) mass is 309 g/mol. The third-order valence-electron chi connectivity index (χ3n) is 2.83. The number of hydrogen-bond acceptors (Lipinski definition) is 2. The molecular weight excluding hydrogens is 293 g/mol. The van der Waals surface area contributed by atoms with Crippen LogP contribution in [-0.2, 0) is 6.54 Å². The van der Waals surface area contributed by atoms with Crippen LogP contribution in [0.1, 0.15) is 18.9 Å². The van der Waals surface area contributed by atoms with E-state index in [2.05, 4.69) is 12.2 Å². The minimum Gasteiger partial charge on any atom is -0.313 e. The van der Waals surface area contributed by atoms with Crippen LogP contribution >= 0.6 is 23.4 Å². The van der Waals surface area contributed by atoms with Crippen molar-refractivity contribution >= 4 is 23.4 Å². The average Bonchev–Trinajstić information content (AvgIpc) is 2.42. The number of halogens is 2. The molecule has 0 bridgehead atoms. The highest BCUT2D eigenvalue weighted by molar-refractivity contribution is 7.99. The summed E-state index contributed by atoms with van der Waals surface area (Å²) in [7, 11) is 0. The van der Waals surface area contributed by atoms with Gasteiger partial charge in [-0.3, -0.25) is 0 Å². The summed E-state index contributed by atoms with van der Waals surface area (Å²) in [6.07, 6.45) is 1.08. The van der Waals surface area contributed by atoms with Crippen LogP contribution in [0.5, 0.6) is 0 Å². The molecule has 0 spiro atoms. The van der Waals surface area contributed by atoms with Crippen molar-refractivity contribution in [3.05, 3.63) is 58.9 Å². The van der Waals surface area contributed by atoms with Crippen molar-refractivity contribution in [1.82, 2.24) is 5.32 Å². The quantitative estimate of drug-likeness (QED) is 0.742. The third-order valence-corrected chi connectivity index (χ3v) is 4.27. The highest BCUT2D eigenvalue weighted by Crippen LogP contribution is 2.34. The number of nitrogens with one attached hydrogen (secondary N) is 1. The van der Waals surface area contributed by atoms with E-state index in [0.717, 1.165) is 39.9 Å². The molecule has 0 amide bonds. The molecule has 0 aliphatic rings. The first-order chi connectivity index (χ1) is 9.70. The van der Waals surface area contributed by atoms with Crippen molar-refractivity contribution in [2.75, 3.05) is 6.54 Å². The van der Waals surface area contributed by atoms with Gasteiger partial charge in [-0.05, 0) is 48.9 Å². The second-order valence-corrected chi connectivity index (χ2v) is 5.98. The normalized spacial score (nSPS) is 10.8. The molecular formula is C16H17ClFNS. The fourth-order valence-electron chi connectivity index (χ4n) is 1.85. The molecule has 0 fully saturated rings. The molecule has 2 aromatic carbocycles. The Bertz CT molecular complexity index is 574. The van der Waals surface area contributed by atoms with Gasteiger partial charge in [0.15, 0.2) is 0 Å². The number of benzene rings is 2. The van der Waals surface area contributed by atoms with E-state index < -0.39 is 0 Å². The Kier molecular flexibility index (Phi) is 5.89. The molecule has 20 heavy (non-hydrogen) atoms. The van der Waals surface area contributed by atoms with Gasteiger partial charge in [-0.1, -0.05) is 42.4 Å². The molecule has 4 heteroatoms. The summed E-state index contributed by atoms with van der Waals surface area (Å²) in [6.45, 7) is 3.81. The van der Waals surface area contributed by atoms with Crippen molar-refractivity contribution in [2.24, 2.45) is 0 Å². The predicted molar refractivity (Wildman–Crippen MR) is 84.0 cm³/mol. The van der Waals surface area contributed by atoms with Crippen LogP contribution in [0.2, 0.25) is 5.02 Å². The van der Waals surface area contributed by atoms with Crippen molar-refractivity contribution in [3.8, 4) is 0 Å². The first kappa shape index (κ1) is 15.4. The first-order valence-corrected chi connectivity index (χ1v) is 7.81. The van der Waals surface area contributed by atoms with Gasteiger partial charge in [-0.25, -0.2) is 4.39 Å². The lowest BCUT2D eigenvalue weighted by Crippen LogP contribution is -2.14. The van der Waals surface area contributed by atoms with Gasteiger partial charge in [-0.15, -0.1) is 0 Å². The van der Waals surface area contributed by atoms with Gasteiger partial charge < -0.3 is 5.32 Å². The van der Waals surface area contributed by atoms with E-state index in [9.17, 15) is 4.39 Å². The van der Waals surface area contributed by atoms with Crippen LogP contribution in [0.4, 0.5) is 4.39 Å². The Labute approximate surface area is 128 Å². The zero-order valence-corrected chi connectivity index (χ0v) is 12.9. The smallest absolute Gasteiger partial charge is 0.124 e. The molecule has 0 aliphatic heterocycles. The zero-order chi connectivity index (χ0) is 14.4. The minimum atomic E-state index is -0.220. The van der Waals surface area contributed by atoms with Gasteiger partial charge in [-0.2, -0.15) is 0 Å². The Morgan fingerprint density at radius 2 is 2.00 bits per heavy atom. The second-order valence-electron chi connectivity index (χ2n) is 4.45. The van der Waals surface area contributed by atoms with Gasteiger partial charge in [0.25, 0.3) is 0 Å². The van der Waals surface area contributed by atoms with Crippen molar-refractivity contribution < 1.29 is 4.39 Å². The Morgan fingerprint density at radius 3 is 2.75 bits per heavy atom. The molecule has 1 nitrogen and oxygen atoms in total. The van der Waals surface area contributed by atoms with E-state index in [1.54, 1.807) is 6.07 Å². The van der Waals surface area contributed by atoms with Gasteiger partial charge in [0.2, 0.25) is 0 Å². The Hall–Kier alpha value is -1.03. The molecule has 0 atom stereocenters. The van der Waals surface area contributed by atoms with Gasteiger partial charge in [0, 0.05) is 21.4 Å². The lowest BCUT2D eigenvalue weighted by molar-refractivity contribution is 0.624. The highest BCUT2D eigenvalue weighted by atomic mass is 35.5. The van der Waals surface area contributed by atoms with Crippen LogP contribution in [-0.4, -0.2) is 6.54 Å². The third kappa shape index (κ3) is 4.23. The van der Waals surface area contributed by atoms with Crippen molar-refractivity contribution in [1.29, 1.82) is 0 Å². The molecule has 2 aromatic rings. The second kappa shape index (κ2) is 7.67. The number of rotatable bonds is 6. The average molecular weight is 310 g/mol. The fourth-order valence-corrected chi connectivity index (χ4v) is 3.18. The summed E-state index contributed by atoms with van der Waals surface area (Å²) in [5.74, 6) is -0.220. The topological polar surface area (TPSA) is 12.0 Å². The molecule has 0 radical (unpaired) electrons. The maximum absolute atomic E-state index is 13.2. The standard InChI is InChI=1S/C16H17ClFNS/c1-2-9-19-11-14-15(17)7-4-8-16(14)20-13-6-3-5-12(18)10-13/h3-8,10,19H,2,9,11H2,1H3. The highest BCUT2D eigenvalue weighted by Gasteiger charge is 2.08. The molecule has 2 rings (SSSR count). The SMILES string of the molecule is CCCNCc1c(Cl)cccc1Sc1cccc(F)c1. The molecule has 0 aliphatic carbocycles. The lowest BCUT2D eigenvalue weighted by Gasteiger charge is -2.12. The van der Waals surface area contributed by atoms with E-state index in [1.165, 1.54) is 23.9 Å². The molecule has 0 heterocycles. The maximum Gasteiger partial charge on any atom is 0.124 e. The predicted octanol–water partition coefficient (Wildman–Crippen LogP) is 5.13. The summed E-state index contributed by atoms with van der Waals surface area (Å²) < 4.78 is 13.2. The largest absolute Gasteiger partial charge is 0.313 e. The van der Waals surface area contributed by atoms with Crippen LogP contribution in [0.25, 0.3) is 0 Å². The van der Waals surface area contributed by atoms with E-state index in [1.807, 2.05) is 24.3 Å². The van der Waals surface area contributed by atoms with E-state index >= 15 is 0 Å². The Balaban J connectivity index is 2.20. The van der Waals surface area contributed by atoms with Gasteiger partial charge in [0.05, 0.1) is 0 Å². The van der Waals surface area contributed by atoms with Crippen LogP contribution in [0, 0.1) is 5.82 Å². The Morgan fingerprint density at radius 1 is 1.20 bits per heavy atom. The zero-order valence-electron chi connectivity index (χ0n) is 11.3. The van der Waals surface area contributed by atoms with Crippen LogP contribution in [0.3, 0.4) is 0 Å². The molecule has 0 aromatic heterocycles. The van der Waals surface area contributed by atoms with Crippen LogP contribution < -0.4 is 5.32 Å². The van der Waals surface area contributed by atoms with Gasteiger partial charge in [0.1, 0.15) is 5.82 Å².